The van der Waals surface area contributed by atoms with Gasteiger partial charge in [-0.15, -0.1) is 0 Å². The summed E-state index contributed by atoms with van der Waals surface area (Å²) >= 11 is 0. The molecule has 1 aromatic rings. The Hall–Kier alpha value is -1.51. The summed E-state index contributed by atoms with van der Waals surface area (Å²) in [6.07, 6.45) is 5.61. The molecule has 0 aliphatic heterocycles. The van der Waals surface area contributed by atoms with Gasteiger partial charge in [0.25, 0.3) is 0 Å². The lowest BCUT2D eigenvalue weighted by Gasteiger charge is -2.36. The predicted molar refractivity (Wildman–Crippen MR) is 85.0 cm³/mol. The lowest BCUT2D eigenvalue weighted by atomic mass is 9.75. The molecule has 20 heavy (non-hydrogen) atoms. The highest BCUT2D eigenvalue weighted by Gasteiger charge is 2.27. The Kier molecular flexibility index (Phi) is 4.69. The highest BCUT2D eigenvalue weighted by Crippen LogP contribution is 2.36. The average Bonchev–Trinajstić information content (AvgIpc) is 2.40. The lowest BCUT2D eigenvalue weighted by Crippen LogP contribution is -2.31. The van der Waals surface area contributed by atoms with Gasteiger partial charge in [0.2, 0.25) is 5.91 Å². The minimum Gasteiger partial charge on any atom is -0.382 e. The molecule has 1 aromatic carbocycles. The van der Waals surface area contributed by atoms with Gasteiger partial charge in [-0.05, 0) is 48.9 Å². The number of rotatable bonds is 4. The molecule has 110 valence electrons. The monoisotopic (exact) mass is 274 g/mol. The van der Waals surface area contributed by atoms with E-state index >= 15 is 0 Å². The van der Waals surface area contributed by atoms with Crippen molar-refractivity contribution >= 4 is 17.3 Å². The van der Waals surface area contributed by atoms with E-state index in [9.17, 15) is 4.79 Å². The first-order valence-corrected chi connectivity index (χ1v) is 7.65. The molecule has 0 bridgehead atoms. The molecule has 0 heterocycles. The molecular weight excluding hydrogens is 248 g/mol. The molecule has 2 rings (SSSR count). The van der Waals surface area contributed by atoms with Crippen LogP contribution in [0.25, 0.3) is 0 Å². The highest BCUT2D eigenvalue weighted by atomic mass is 16.1. The van der Waals surface area contributed by atoms with Gasteiger partial charge in [0.05, 0.1) is 0 Å². The van der Waals surface area contributed by atoms with Gasteiger partial charge < -0.3 is 10.6 Å². The van der Waals surface area contributed by atoms with Crippen molar-refractivity contribution in [2.24, 2.45) is 5.41 Å². The van der Waals surface area contributed by atoms with Gasteiger partial charge in [-0.1, -0.05) is 27.2 Å². The molecule has 1 fully saturated rings. The summed E-state index contributed by atoms with van der Waals surface area (Å²) in [5.41, 5.74) is 2.46. The molecular formula is C17H26N2O. The molecule has 1 amide bonds. The minimum absolute atomic E-state index is 0.0553. The van der Waals surface area contributed by atoms with Gasteiger partial charge in [-0.2, -0.15) is 0 Å². The largest absolute Gasteiger partial charge is 0.382 e. The summed E-state index contributed by atoms with van der Waals surface area (Å²) in [6, 6.07) is 8.59. The first-order chi connectivity index (χ1) is 9.48. The number of amides is 1. The van der Waals surface area contributed by atoms with Gasteiger partial charge >= 0.3 is 0 Å². The molecule has 1 atom stereocenters. The first kappa shape index (κ1) is 14.9. The Bertz CT molecular complexity index is 451. The van der Waals surface area contributed by atoms with E-state index in [1.807, 2.05) is 31.2 Å². The fourth-order valence-corrected chi connectivity index (χ4v) is 2.96. The third-order valence-electron chi connectivity index (χ3n) is 4.07. The van der Waals surface area contributed by atoms with Crippen molar-refractivity contribution in [2.75, 3.05) is 10.6 Å². The third kappa shape index (κ3) is 4.26. The minimum atomic E-state index is 0.0553. The maximum Gasteiger partial charge on any atom is 0.224 e. The third-order valence-corrected chi connectivity index (χ3v) is 4.07. The van der Waals surface area contributed by atoms with E-state index in [4.69, 9.17) is 0 Å². The first-order valence-electron chi connectivity index (χ1n) is 7.65. The van der Waals surface area contributed by atoms with Gasteiger partial charge in [-0.3, -0.25) is 4.79 Å². The molecule has 1 unspecified atom stereocenters. The van der Waals surface area contributed by atoms with Crippen molar-refractivity contribution in [3.63, 3.8) is 0 Å². The van der Waals surface area contributed by atoms with Gasteiger partial charge in [0, 0.05) is 23.8 Å². The molecule has 1 saturated carbocycles. The topological polar surface area (TPSA) is 41.1 Å². The van der Waals surface area contributed by atoms with Crippen LogP contribution < -0.4 is 10.6 Å². The van der Waals surface area contributed by atoms with Crippen LogP contribution >= 0.6 is 0 Å². The van der Waals surface area contributed by atoms with Crippen molar-refractivity contribution in [3.8, 4) is 0 Å². The molecule has 0 aromatic heterocycles. The number of carbonyl (C=O) groups is 1. The van der Waals surface area contributed by atoms with Crippen molar-refractivity contribution in [2.45, 2.75) is 58.9 Å². The number of carbonyl (C=O) groups excluding carboxylic acids is 1. The van der Waals surface area contributed by atoms with Crippen LogP contribution in [-0.4, -0.2) is 11.9 Å². The number of nitrogens with one attached hydrogen (secondary N) is 2. The smallest absolute Gasteiger partial charge is 0.224 e. The highest BCUT2D eigenvalue weighted by molar-refractivity contribution is 5.90. The van der Waals surface area contributed by atoms with Crippen LogP contribution in [0.1, 0.15) is 52.9 Å². The zero-order chi connectivity index (χ0) is 14.6. The quantitative estimate of drug-likeness (QED) is 0.853. The summed E-state index contributed by atoms with van der Waals surface area (Å²) in [5.74, 6) is 0.0553. The fourth-order valence-electron chi connectivity index (χ4n) is 2.96. The zero-order valence-corrected chi connectivity index (χ0v) is 12.8. The maximum absolute atomic E-state index is 11.3. The maximum atomic E-state index is 11.3. The molecule has 3 nitrogen and oxygen atoms in total. The Labute approximate surface area is 122 Å². The zero-order valence-electron chi connectivity index (χ0n) is 12.8. The molecule has 1 aliphatic carbocycles. The van der Waals surface area contributed by atoms with Crippen LogP contribution in [0.5, 0.6) is 0 Å². The fraction of sp³-hybridized carbons (Fsp3) is 0.588. The van der Waals surface area contributed by atoms with E-state index in [0.717, 1.165) is 11.4 Å². The van der Waals surface area contributed by atoms with Crippen LogP contribution in [0.3, 0.4) is 0 Å². The predicted octanol–water partition coefficient (Wildman–Crippen LogP) is 4.42. The molecule has 1 aliphatic rings. The number of hydrogen-bond acceptors (Lipinski definition) is 2. The molecule has 0 saturated heterocycles. The second kappa shape index (κ2) is 6.29. The summed E-state index contributed by atoms with van der Waals surface area (Å²) in [6.45, 7) is 6.56. The van der Waals surface area contributed by atoms with E-state index in [0.29, 0.717) is 17.9 Å². The van der Waals surface area contributed by atoms with E-state index in [1.165, 1.54) is 25.7 Å². The number of anilines is 2. The Balaban J connectivity index is 1.92. The summed E-state index contributed by atoms with van der Waals surface area (Å²) in [5, 5.41) is 6.49. The van der Waals surface area contributed by atoms with Gasteiger partial charge in [-0.25, -0.2) is 0 Å². The van der Waals surface area contributed by atoms with Crippen molar-refractivity contribution < 1.29 is 4.79 Å². The average molecular weight is 274 g/mol. The summed E-state index contributed by atoms with van der Waals surface area (Å²) in [4.78, 5) is 11.3. The van der Waals surface area contributed by atoms with Crippen LogP contribution in [0.15, 0.2) is 24.3 Å². The Morgan fingerprint density at radius 3 is 2.50 bits per heavy atom. The van der Waals surface area contributed by atoms with Crippen LogP contribution in [0, 0.1) is 5.41 Å². The lowest BCUT2D eigenvalue weighted by molar-refractivity contribution is -0.115. The second-order valence-corrected chi connectivity index (χ2v) is 6.58. The standard InChI is InChI=1S/C17H26N2O/c1-4-16(20)19-14-9-7-13(8-10-14)18-15-6-5-11-17(2,3)12-15/h7-10,15,18H,4-6,11-12H2,1-3H3,(H,19,20). The van der Waals surface area contributed by atoms with Crippen molar-refractivity contribution in [1.82, 2.24) is 0 Å². The van der Waals surface area contributed by atoms with E-state index in [-0.39, 0.29) is 5.91 Å². The van der Waals surface area contributed by atoms with E-state index in [1.54, 1.807) is 0 Å². The molecule has 2 N–H and O–H groups in total. The van der Waals surface area contributed by atoms with Crippen LogP contribution in [0.2, 0.25) is 0 Å². The normalized spacial score (nSPS) is 21.2. The van der Waals surface area contributed by atoms with Crippen LogP contribution in [0.4, 0.5) is 11.4 Å². The SMILES string of the molecule is CCC(=O)Nc1ccc(NC2CCCC(C)(C)C2)cc1. The number of benzene rings is 1. The van der Waals surface area contributed by atoms with Gasteiger partial charge in [0.1, 0.15) is 0 Å². The van der Waals surface area contributed by atoms with Crippen molar-refractivity contribution in [1.29, 1.82) is 0 Å². The van der Waals surface area contributed by atoms with Gasteiger partial charge in [0.15, 0.2) is 0 Å². The van der Waals surface area contributed by atoms with Crippen LogP contribution in [-0.2, 0) is 4.79 Å². The Morgan fingerprint density at radius 2 is 1.90 bits per heavy atom. The summed E-state index contributed by atoms with van der Waals surface area (Å²) in [7, 11) is 0. The molecule has 0 spiro atoms. The summed E-state index contributed by atoms with van der Waals surface area (Å²) < 4.78 is 0. The molecule has 0 radical (unpaired) electrons. The Morgan fingerprint density at radius 1 is 1.25 bits per heavy atom. The van der Waals surface area contributed by atoms with E-state index in [2.05, 4.69) is 24.5 Å². The van der Waals surface area contributed by atoms with Crippen molar-refractivity contribution in [3.05, 3.63) is 24.3 Å². The number of hydrogen-bond donors (Lipinski definition) is 2. The van der Waals surface area contributed by atoms with E-state index < -0.39 is 0 Å². The molecule has 3 heteroatoms. The second-order valence-electron chi connectivity index (χ2n) is 6.58.